The predicted octanol–water partition coefficient (Wildman–Crippen LogP) is 3.74. The molecule has 2 aliphatic heterocycles. The van der Waals surface area contributed by atoms with Crippen molar-refractivity contribution in [3.05, 3.63) is 47.2 Å². The highest BCUT2D eigenvalue weighted by atomic mass is 15.2. The summed E-state index contributed by atoms with van der Waals surface area (Å²) in [5.41, 5.74) is 10.0. The van der Waals surface area contributed by atoms with Crippen molar-refractivity contribution in [3.8, 4) is 0 Å². The van der Waals surface area contributed by atoms with Crippen LogP contribution in [0.25, 0.3) is 0 Å². The first-order valence-electron chi connectivity index (χ1n) is 10.5. The van der Waals surface area contributed by atoms with E-state index in [1.807, 2.05) is 0 Å². The van der Waals surface area contributed by atoms with Gasteiger partial charge in [0.2, 0.25) is 5.95 Å². The van der Waals surface area contributed by atoms with Crippen molar-refractivity contribution in [2.24, 2.45) is 5.92 Å². The number of nitrogens with zero attached hydrogens (tertiary/aromatic N) is 3. The fourth-order valence-corrected chi connectivity index (χ4v) is 5.35. The highest BCUT2D eigenvalue weighted by Gasteiger charge is 2.34. The van der Waals surface area contributed by atoms with E-state index in [0.29, 0.717) is 17.9 Å². The summed E-state index contributed by atoms with van der Waals surface area (Å²) in [4.78, 5) is 11.9. The first kappa shape index (κ1) is 19.2. The average molecular weight is 380 g/mol. The van der Waals surface area contributed by atoms with Crippen molar-refractivity contribution in [1.82, 2.24) is 15.3 Å². The molecule has 3 N–H and O–H groups in total. The van der Waals surface area contributed by atoms with Crippen molar-refractivity contribution >= 4 is 11.8 Å². The number of nitrogen functional groups attached to an aromatic ring is 1. The van der Waals surface area contributed by atoms with Crippen LogP contribution in [-0.4, -0.2) is 35.6 Å². The molecule has 1 aliphatic carbocycles. The summed E-state index contributed by atoms with van der Waals surface area (Å²) < 4.78 is 0. The van der Waals surface area contributed by atoms with E-state index in [9.17, 15) is 0 Å². The molecule has 3 atom stereocenters. The molecule has 0 amide bonds. The van der Waals surface area contributed by atoms with Crippen molar-refractivity contribution in [2.45, 2.75) is 57.9 Å². The summed E-state index contributed by atoms with van der Waals surface area (Å²) in [5.74, 6) is 2.68. The van der Waals surface area contributed by atoms with Crippen LogP contribution >= 0.6 is 0 Å². The third-order valence-corrected chi connectivity index (χ3v) is 6.70. The Labute approximate surface area is 168 Å². The number of fused-ring (bicyclic) bond motifs is 2. The molecule has 5 rings (SSSR count). The molecule has 5 nitrogen and oxygen atoms in total. The van der Waals surface area contributed by atoms with Gasteiger partial charge in [-0.1, -0.05) is 37.8 Å². The summed E-state index contributed by atoms with van der Waals surface area (Å²) in [7, 11) is 0. The SMILES string of the molecule is C.Nc1nc2c(c(N3CCC4CCCNC4C3)n1)CCCC2c1ccccc1. The van der Waals surface area contributed by atoms with Gasteiger partial charge in [0.05, 0.1) is 5.69 Å². The lowest BCUT2D eigenvalue weighted by Crippen LogP contribution is -2.54. The molecule has 1 aromatic carbocycles. The monoisotopic (exact) mass is 379 g/mol. The fourth-order valence-electron chi connectivity index (χ4n) is 5.35. The smallest absolute Gasteiger partial charge is 0.222 e. The normalized spacial score (nSPS) is 26.7. The average Bonchev–Trinajstić information content (AvgIpc) is 2.73. The minimum Gasteiger partial charge on any atom is -0.368 e. The second-order valence-electron chi connectivity index (χ2n) is 8.32. The largest absolute Gasteiger partial charge is 0.368 e. The maximum Gasteiger partial charge on any atom is 0.222 e. The highest BCUT2D eigenvalue weighted by molar-refractivity contribution is 5.55. The van der Waals surface area contributed by atoms with E-state index >= 15 is 0 Å². The molecule has 0 bridgehead atoms. The Hall–Kier alpha value is -2.14. The third kappa shape index (κ3) is 3.48. The molecular weight excluding hydrogens is 346 g/mol. The summed E-state index contributed by atoms with van der Waals surface area (Å²) in [5, 5.41) is 3.73. The number of benzene rings is 1. The molecule has 3 unspecified atom stereocenters. The van der Waals surface area contributed by atoms with Crippen LogP contribution in [0.1, 0.15) is 62.3 Å². The van der Waals surface area contributed by atoms with E-state index in [4.69, 9.17) is 15.7 Å². The fraction of sp³-hybridized carbons (Fsp3) is 0.565. The molecule has 0 spiro atoms. The summed E-state index contributed by atoms with van der Waals surface area (Å²) in [6.07, 6.45) is 7.32. The van der Waals surface area contributed by atoms with Crippen LogP contribution in [0, 0.1) is 5.92 Å². The molecule has 5 heteroatoms. The van der Waals surface area contributed by atoms with Gasteiger partial charge in [0.1, 0.15) is 5.82 Å². The molecular formula is C23H33N5. The standard InChI is InChI=1S/C22H29N5.CH4/c23-22-25-20-17(15-6-2-1-3-7-15)9-4-10-18(20)21(26-22)27-13-11-16-8-5-12-24-19(16)14-27;/h1-3,6-7,16-17,19,24H,4-5,8-14H2,(H2,23,25,26);1H4. The second-order valence-corrected chi connectivity index (χ2v) is 8.32. The van der Waals surface area contributed by atoms with Crippen LogP contribution in [0.2, 0.25) is 0 Å². The Bertz CT molecular complexity index is 806. The molecule has 1 aromatic heterocycles. The minimum atomic E-state index is 0. The van der Waals surface area contributed by atoms with Crippen LogP contribution < -0.4 is 16.0 Å². The van der Waals surface area contributed by atoms with E-state index in [-0.39, 0.29) is 7.43 Å². The van der Waals surface area contributed by atoms with E-state index < -0.39 is 0 Å². The molecule has 3 heterocycles. The van der Waals surface area contributed by atoms with E-state index in [2.05, 4.69) is 40.5 Å². The van der Waals surface area contributed by atoms with Crippen LogP contribution in [-0.2, 0) is 6.42 Å². The van der Waals surface area contributed by atoms with Gasteiger partial charge >= 0.3 is 0 Å². The zero-order chi connectivity index (χ0) is 18.2. The van der Waals surface area contributed by atoms with Gasteiger partial charge in [-0.15, -0.1) is 0 Å². The van der Waals surface area contributed by atoms with Crippen LogP contribution in [0.15, 0.2) is 30.3 Å². The maximum absolute atomic E-state index is 6.20. The van der Waals surface area contributed by atoms with Crippen LogP contribution in [0.4, 0.5) is 11.8 Å². The summed E-state index contributed by atoms with van der Waals surface area (Å²) >= 11 is 0. The van der Waals surface area contributed by atoms with Gasteiger partial charge in [0.15, 0.2) is 0 Å². The lowest BCUT2D eigenvalue weighted by atomic mass is 9.81. The Balaban J connectivity index is 0.00000192. The van der Waals surface area contributed by atoms with E-state index in [1.165, 1.54) is 36.8 Å². The first-order valence-corrected chi connectivity index (χ1v) is 10.5. The molecule has 0 radical (unpaired) electrons. The minimum absolute atomic E-state index is 0. The van der Waals surface area contributed by atoms with Crippen molar-refractivity contribution in [3.63, 3.8) is 0 Å². The van der Waals surface area contributed by atoms with Crippen LogP contribution in [0.5, 0.6) is 0 Å². The van der Waals surface area contributed by atoms with Gasteiger partial charge < -0.3 is 16.0 Å². The molecule has 2 fully saturated rings. The van der Waals surface area contributed by atoms with E-state index in [0.717, 1.165) is 49.9 Å². The van der Waals surface area contributed by atoms with Crippen molar-refractivity contribution in [2.75, 3.05) is 30.3 Å². The quantitative estimate of drug-likeness (QED) is 0.832. The second kappa shape index (κ2) is 8.08. The number of hydrogen-bond donors (Lipinski definition) is 2. The molecule has 0 saturated carbocycles. The lowest BCUT2D eigenvalue weighted by Gasteiger charge is -2.43. The van der Waals surface area contributed by atoms with Gasteiger partial charge in [-0.2, -0.15) is 4.98 Å². The molecule has 150 valence electrons. The molecule has 2 aromatic rings. The zero-order valence-corrected chi connectivity index (χ0v) is 15.9. The van der Waals surface area contributed by atoms with Crippen molar-refractivity contribution < 1.29 is 0 Å². The summed E-state index contributed by atoms with van der Waals surface area (Å²) in [6, 6.07) is 11.3. The Morgan fingerprint density at radius 3 is 2.75 bits per heavy atom. The lowest BCUT2D eigenvalue weighted by molar-refractivity contribution is 0.241. The Kier molecular flexibility index (Phi) is 5.54. The molecule has 2 saturated heterocycles. The van der Waals surface area contributed by atoms with Crippen molar-refractivity contribution in [1.29, 1.82) is 0 Å². The maximum atomic E-state index is 6.20. The Morgan fingerprint density at radius 1 is 1.04 bits per heavy atom. The van der Waals surface area contributed by atoms with Gasteiger partial charge in [-0.25, -0.2) is 4.98 Å². The summed E-state index contributed by atoms with van der Waals surface area (Å²) in [6.45, 7) is 3.28. The van der Waals surface area contributed by atoms with Gasteiger partial charge in [-0.3, -0.25) is 0 Å². The number of anilines is 2. The predicted molar refractivity (Wildman–Crippen MR) is 116 cm³/mol. The van der Waals surface area contributed by atoms with Gasteiger partial charge in [0, 0.05) is 30.6 Å². The molecule has 3 aliphatic rings. The number of nitrogens with one attached hydrogen (secondary N) is 1. The number of piperidine rings is 2. The number of aromatic nitrogens is 2. The topological polar surface area (TPSA) is 67.1 Å². The third-order valence-electron chi connectivity index (χ3n) is 6.70. The molecule has 28 heavy (non-hydrogen) atoms. The van der Waals surface area contributed by atoms with E-state index in [1.54, 1.807) is 0 Å². The first-order chi connectivity index (χ1) is 13.3. The number of nitrogens with two attached hydrogens (primary N) is 1. The highest BCUT2D eigenvalue weighted by Crippen LogP contribution is 2.40. The zero-order valence-electron chi connectivity index (χ0n) is 15.9. The van der Waals surface area contributed by atoms with Gasteiger partial charge in [0.25, 0.3) is 0 Å². The van der Waals surface area contributed by atoms with Crippen LogP contribution in [0.3, 0.4) is 0 Å². The number of rotatable bonds is 2. The Morgan fingerprint density at radius 2 is 1.89 bits per heavy atom. The number of hydrogen-bond acceptors (Lipinski definition) is 5. The van der Waals surface area contributed by atoms with Gasteiger partial charge in [-0.05, 0) is 56.6 Å².